The van der Waals surface area contributed by atoms with Crippen molar-refractivity contribution in [2.45, 2.75) is 37.5 Å². The summed E-state index contributed by atoms with van der Waals surface area (Å²) >= 11 is 0. The summed E-state index contributed by atoms with van der Waals surface area (Å²) in [5.74, 6) is -3.40. The highest BCUT2D eigenvalue weighted by Crippen LogP contribution is 2.27. The van der Waals surface area contributed by atoms with E-state index in [-0.39, 0.29) is 12.6 Å². The molecule has 0 heterocycles. The minimum atomic E-state index is -4.54. The van der Waals surface area contributed by atoms with Crippen molar-refractivity contribution in [2.75, 3.05) is 13.2 Å². The molecule has 0 unspecified atom stereocenters. The second-order valence-corrected chi connectivity index (χ2v) is 5.43. The normalized spacial score (nSPS) is 19.3. The maximum absolute atomic E-state index is 12.3. The predicted octanol–water partition coefficient (Wildman–Crippen LogP) is 0.776. The van der Waals surface area contributed by atoms with Gasteiger partial charge in [-0.15, -0.1) is 0 Å². The molecule has 0 atom stereocenters. The van der Waals surface area contributed by atoms with Crippen LogP contribution in [0.15, 0.2) is 0 Å². The van der Waals surface area contributed by atoms with Gasteiger partial charge in [0.15, 0.2) is 0 Å². The number of hydrogen-bond donors (Lipinski definition) is 1. The lowest BCUT2D eigenvalue weighted by molar-refractivity contribution is 0.189. The third-order valence-corrected chi connectivity index (χ3v) is 4.19. The molecule has 90 valence electrons. The lowest BCUT2D eigenvalue weighted by Crippen LogP contribution is -2.43. The Morgan fingerprint density at radius 2 is 1.87 bits per heavy atom. The van der Waals surface area contributed by atoms with Gasteiger partial charge in [-0.05, 0) is 12.8 Å². The van der Waals surface area contributed by atoms with E-state index in [1.54, 1.807) is 0 Å². The van der Waals surface area contributed by atoms with E-state index in [9.17, 15) is 17.2 Å². The van der Waals surface area contributed by atoms with Gasteiger partial charge in [-0.25, -0.2) is 8.42 Å². The zero-order valence-electron chi connectivity index (χ0n) is 8.27. The minimum absolute atomic E-state index is 0.239. The number of sulfonamides is 1. The van der Waals surface area contributed by atoms with E-state index in [0.717, 1.165) is 17.1 Å². The van der Waals surface area contributed by atoms with Crippen LogP contribution in [-0.4, -0.2) is 42.8 Å². The number of rotatable bonds is 5. The fourth-order valence-electron chi connectivity index (χ4n) is 1.91. The summed E-state index contributed by atoms with van der Waals surface area (Å²) in [4.78, 5) is 0. The number of hydrogen-bond acceptors (Lipinski definition) is 3. The summed E-state index contributed by atoms with van der Waals surface area (Å²) in [7, 11) is -4.54. The second kappa shape index (κ2) is 5.18. The summed E-state index contributed by atoms with van der Waals surface area (Å²) in [6.07, 6.45) is 2.91. The standard InChI is InChI=1S/C8H15F2NO3S/c9-8(10)15(13,14)11(5-6-12)7-3-1-2-4-7/h7-8,12H,1-6H2. The maximum Gasteiger partial charge on any atom is 0.350 e. The molecule has 4 nitrogen and oxygen atoms in total. The van der Waals surface area contributed by atoms with E-state index in [2.05, 4.69) is 0 Å². The molecule has 1 saturated carbocycles. The van der Waals surface area contributed by atoms with Crippen molar-refractivity contribution in [1.29, 1.82) is 0 Å². The molecule has 0 aromatic carbocycles. The third kappa shape index (κ3) is 2.85. The number of halogens is 2. The Morgan fingerprint density at radius 1 is 1.33 bits per heavy atom. The molecule has 0 radical (unpaired) electrons. The van der Waals surface area contributed by atoms with Gasteiger partial charge in [0.25, 0.3) is 10.0 Å². The van der Waals surface area contributed by atoms with Crippen molar-refractivity contribution in [2.24, 2.45) is 0 Å². The first kappa shape index (κ1) is 12.8. The molecule has 1 fully saturated rings. The molecule has 0 saturated heterocycles. The van der Waals surface area contributed by atoms with Crippen molar-refractivity contribution in [3.8, 4) is 0 Å². The molecule has 1 rings (SSSR count). The first-order chi connectivity index (χ1) is 7.00. The zero-order chi connectivity index (χ0) is 11.5. The molecule has 0 aliphatic heterocycles. The molecule has 1 N–H and O–H groups in total. The monoisotopic (exact) mass is 243 g/mol. The van der Waals surface area contributed by atoms with E-state index in [1.807, 2.05) is 0 Å². The van der Waals surface area contributed by atoms with Gasteiger partial charge in [0.05, 0.1) is 6.61 Å². The molecular weight excluding hydrogens is 228 g/mol. The van der Waals surface area contributed by atoms with Crippen molar-refractivity contribution < 1.29 is 22.3 Å². The summed E-state index contributed by atoms with van der Waals surface area (Å²) in [6.45, 7) is -0.667. The van der Waals surface area contributed by atoms with Crippen molar-refractivity contribution in [3.63, 3.8) is 0 Å². The van der Waals surface area contributed by atoms with Gasteiger partial charge in [-0.2, -0.15) is 13.1 Å². The van der Waals surface area contributed by atoms with Crippen molar-refractivity contribution >= 4 is 10.0 Å². The topological polar surface area (TPSA) is 57.6 Å². The molecule has 0 aromatic heterocycles. The Morgan fingerprint density at radius 3 is 2.27 bits per heavy atom. The molecule has 1 aliphatic carbocycles. The van der Waals surface area contributed by atoms with Crippen molar-refractivity contribution in [1.82, 2.24) is 4.31 Å². The molecule has 1 aliphatic rings. The van der Waals surface area contributed by atoms with Crippen LogP contribution in [0.4, 0.5) is 8.78 Å². The number of nitrogens with zero attached hydrogens (tertiary/aromatic N) is 1. The lowest BCUT2D eigenvalue weighted by atomic mass is 10.2. The van der Waals surface area contributed by atoms with Crippen LogP contribution in [0.2, 0.25) is 0 Å². The predicted molar refractivity (Wildman–Crippen MR) is 51.0 cm³/mol. The fourth-order valence-corrected chi connectivity index (χ4v) is 3.08. The molecule has 0 aromatic rings. The van der Waals surface area contributed by atoms with E-state index in [4.69, 9.17) is 5.11 Å². The summed E-state index contributed by atoms with van der Waals surface area (Å²) in [5.41, 5.74) is 0. The van der Waals surface area contributed by atoms with Crippen LogP contribution in [-0.2, 0) is 10.0 Å². The van der Waals surface area contributed by atoms with Gasteiger partial charge < -0.3 is 5.11 Å². The number of alkyl halides is 2. The van der Waals surface area contributed by atoms with Crippen molar-refractivity contribution in [3.05, 3.63) is 0 Å². The number of aliphatic hydroxyl groups excluding tert-OH is 1. The van der Waals surface area contributed by atoms with Gasteiger partial charge in [-0.3, -0.25) is 0 Å². The molecular formula is C8H15F2NO3S. The molecule has 0 spiro atoms. The van der Waals surface area contributed by atoms with Crippen LogP contribution in [0, 0.1) is 0 Å². The lowest BCUT2D eigenvalue weighted by Gasteiger charge is -2.26. The molecule has 0 amide bonds. The SMILES string of the molecule is O=S(=O)(C(F)F)N(CCO)C1CCCC1. The largest absolute Gasteiger partial charge is 0.395 e. The van der Waals surface area contributed by atoms with Gasteiger partial charge in [0.1, 0.15) is 0 Å². The highest BCUT2D eigenvalue weighted by Gasteiger charge is 2.37. The van der Waals surface area contributed by atoms with E-state index in [0.29, 0.717) is 12.8 Å². The molecule has 7 heteroatoms. The Bertz CT molecular complexity index is 288. The van der Waals surface area contributed by atoms with Crippen LogP contribution in [0.25, 0.3) is 0 Å². The van der Waals surface area contributed by atoms with Gasteiger partial charge in [-0.1, -0.05) is 12.8 Å². The zero-order valence-corrected chi connectivity index (χ0v) is 9.09. The Labute approximate surface area is 87.9 Å². The summed E-state index contributed by atoms with van der Waals surface area (Å²) in [6, 6.07) is -0.365. The second-order valence-electron chi connectivity index (χ2n) is 3.58. The summed E-state index contributed by atoms with van der Waals surface area (Å²) in [5, 5.41) is 8.69. The average Bonchev–Trinajstić information content (AvgIpc) is 2.66. The van der Waals surface area contributed by atoms with E-state index >= 15 is 0 Å². The van der Waals surface area contributed by atoms with Crippen LogP contribution >= 0.6 is 0 Å². The van der Waals surface area contributed by atoms with Gasteiger partial charge in [0.2, 0.25) is 0 Å². The highest BCUT2D eigenvalue weighted by molar-refractivity contribution is 7.89. The van der Waals surface area contributed by atoms with Crippen LogP contribution in [0.1, 0.15) is 25.7 Å². The van der Waals surface area contributed by atoms with E-state index < -0.39 is 22.4 Å². The quantitative estimate of drug-likeness (QED) is 0.776. The maximum atomic E-state index is 12.3. The van der Waals surface area contributed by atoms with E-state index in [1.165, 1.54) is 0 Å². The Kier molecular flexibility index (Phi) is 4.42. The third-order valence-electron chi connectivity index (χ3n) is 2.60. The average molecular weight is 243 g/mol. The molecule has 15 heavy (non-hydrogen) atoms. The first-order valence-electron chi connectivity index (χ1n) is 4.90. The molecule has 0 bridgehead atoms. The van der Waals surface area contributed by atoms with Crippen LogP contribution < -0.4 is 0 Å². The Hall–Kier alpha value is -0.270. The van der Waals surface area contributed by atoms with Gasteiger partial charge >= 0.3 is 5.76 Å². The van der Waals surface area contributed by atoms with Gasteiger partial charge in [0, 0.05) is 12.6 Å². The fraction of sp³-hybridized carbons (Fsp3) is 1.00. The number of aliphatic hydroxyl groups is 1. The van der Waals surface area contributed by atoms with Crippen LogP contribution in [0.5, 0.6) is 0 Å². The summed E-state index contributed by atoms with van der Waals surface area (Å²) < 4.78 is 48.0. The van der Waals surface area contributed by atoms with Crippen LogP contribution in [0.3, 0.4) is 0 Å². The smallest absolute Gasteiger partial charge is 0.350 e. The highest BCUT2D eigenvalue weighted by atomic mass is 32.2. The first-order valence-corrected chi connectivity index (χ1v) is 6.40. The minimum Gasteiger partial charge on any atom is -0.395 e. The Balaban J connectivity index is 2.81.